The summed E-state index contributed by atoms with van der Waals surface area (Å²) >= 11 is 0. The maximum atomic E-state index is 11.3. The van der Waals surface area contributed by atoms with Crippen LogP contribution < -0.4 is 16.2 Å². The molecule has 2 aromatic carbocycles. The van der Waals surface area contributed by atoms with E-state index in [2.05, 4.69) is 4.98 Å². The van der Waals surface area contributed by atoms with Crippen molar-refractivity contribution in [2.24, 2.45) is 5.73 Å². The Kier molecular flexibility index (Phi) is 3.93. The van der Waals surface area contributed by atoms with Crippen molar-refractivity contribution in [2.45, 2.75) is 0 Å². The molecule has 4 N–H and O–H groups in total. The number of para-hydroxylation sites is 1. The van der Waals surface area contributed by atoms with E-state index in [9.17, 15) is 4.79 Å². The number of aromatic nitrogens is 1. The number of carbonyl (C=O) groups is 1. The highest BCUT2D eigenvalue weighted by Crippen LogP contribution is 2.26. The third-order valence-corrected chi connectivity index (χ3v) is 3.35. The van der Waals surface area contributed by atoms with Crippen LogP contribution in [0.15, 0.2) is 66.9 Å². The molecule has 0 aliphatic rings. The van der Waals surface area contributed by atoms with Gasteiger partial charge in [-0.3, -0.25) is 4.79 Å². The Morgan fingerprint density at radius 2 is 1.57 bits per heavy atom. The van der Waals surface area contributed by atoms with E-state index in [0.717, 1.165) is 22.6 Å². The molecule has 0 saturated carbocycles. The molecule has 0 atom stereocenters. The van der Waals surface area contributed by atoms with E-state index in [4.69, 9.17) is 16.2 Å². The molecular weight excluding hydrogens is 290 g/mol. The highest BCUT2D eigenvalue weighted by molar-refractivity contribution is 5.98. The average Bonchev–Trinajstić information content (AvgIpc) is 2.57. The lowest BCUT2D eigenvalue weighted by molar-refractivity contribution is 0.100. The summed E-state index contributed by atoms with van der Waals surface area (Å²) < 4.78 is 5.74. The summed E-state index contributed by atoms with van der Waals surface area (Å²) in [7, 11) is 0. The quantitative estimate of drug-likeness (QED) is 0.774. The fraction of sp³-hybridized carbons (Fsp3) is 0. The van der Waals surface area contributed by atoms with Crippen LogP contribution in [0.2, 0.25) is 0 Å². The number of hydrogen-bond acceptors (Lipinski definition) is 4. The molecule has 0 unspecified atom stereocenters. The van der Waals surface area contributed by atoms with Crippen molar-refractivity contribution in [3.63, 3.8) is 0 Å². The smallest absolute Gasteiger partial charge is 0.252 e. The topological polar surface area (TPSA) is 91.2 Å². The molecule has 0 radical (unpaired) electrons. The predicted octanol–water partition coefficient (Wildman–Crippen LogP) is 3.22. The van der Waals surface area contributed by atoms with Gasteiger partial charge in [0.05, 0.1) is 5.56 Å². The van der Waals surface area contributed by atoms with E-state index < -0.39 is 5.91 Å². The molecule has 0 aliphatic carbocycles. The van der Waals surface area contributed by atoms with Crippen molar-refractivity contribution in [3.8, 4) is 22.6 Å². The van der Waals surface area contributed by atoms with Crippen LogP contribution in [0, 0.1) is 0 Å². The fourth-order valence-electron chi connectivity index (χ4n) is 2.17. The highest BCUT2D eigenvalue weighted by Gasteiger charge is 2.09. The van der Waals surface area contributed by atoms with Gasteiger partial charge in [-0.15, -0.1) is 0 Å². The summed E-state index contributed by atoms with van der Waals surface area (Å²) in [4.78, 5) is 15.4. The monoisotopic (exact) mass is 305 g/mol. The lowest BCUT2D eigenvalue weighted by atomic mass is 10.1. The molecule has 0 spiro atoms. The summed E-state index contributed by atoms with van der Waals surface area (Å²) in [5.41, 5.74) is 12.8. The molecule has 1 amide bonds. The molecule has 0 aliphatic heterocycles. The summed E-state index contributed by atoms with van der Waals surface area (Å²) in [5, 5.41) is 0. The van der Waals surface area contributed by atoms with Crippen LogP contribution in [0.4, 0.5) is 5.82 Å². The van der Waals surface area contributed by atoms with Crippen molar-refractivity contribution < 1.29 is 9.53 Å². The Morgan fingerprint density at radius 3 is 2.22 bits per heavy atom. The number of nitrogens with zero attached hydrogens (tertiary/aromatic N) is 1. The van der Waals surface area contributed by atoms with Crippen molar-refractivity contribution in [3.05, 3.63) is 72.4 Å². The normalized spacial score (nSPS) is 10.3. The van der Waals surface area contributed by atoms with Gasteiger partial charge in [-0.05, 0) is 35.9 Å². The van der Waals surface area contributed by atoms with Gasteiger partial charge in [0.2, 0.25) is 0 Å². The Hall–Kier alpha value is -3.34. The lowest BCUT2D eigenvalue weighted by Gasteiger charge is -2.08. The number of benzene rings is 2. The third kappa shape index (κ3) is 3.29. The first-order valence-corrected chi connectivity index (χ1v) is 7.02. The number of primary amides is 1. The second-order valence-electron chi connectivity index (χ2n) is 4.96. The minimum Gasteiger partial charge on any atom is -0.457 e. The Labute approximate surface area is 133 Å². The van der Waals surface area contributed by atoms with Crippen molar-refractivity contribution in [1.82, 2.24) is 4.98 Å². The largest absolute Gasteiger partial charge is 0.457 e. The van der Waals surface area contributed by atoms with Crippen molar-refractivity contribution in [1.29, 1.82) is 0 Å². The van der Waals surface area contributed by atoms with Gasteiger partial charge in [0.25, 0.3) is 5.91 Å². The van der Waals surface area contributed by atoms with E-state index in [0.29, 0.717) is 0 Å². The number of anilines is 1. The zero-order chi connectivity index (χ0) is 16.2. The first-order valence-electron chi connectivity index (χ1n) is 7.02. The first kappa shape index (κ1) is 14.6. The van der Waals surface area contributed by atoms with Crippen molar-refractivity contribution in [2.75, 3.05) is 5.73 Å². The van der Waals surface area contributed by atoms with Crippen LogP contribution in [-0.2, 0) is 0 Å². The molecule has 1 aromatic heterocycles. The molecule has 0 fully saturated rings. The van der Waals surface area contributed by atoms with Crippen LogP contribution >= 0.6 is 0 Å². The molecule has 3 rings (SSSR count). The van der Waals surface area contributed by atoms with Gasteiger partial charge < -0.3 is 16.2 Å². The van der Waals surface area contributed by atoms with E-state index in [1.807, 2.05) is 54.6 Å². The molecule has 5 heteroatoms. The van der Waals surface area contributed by atoms with Gasteiger partial charge >= 0.3 is 0 Å². The summed E-state index contributed by atoms with van der Waals surface area (Å²) in [6, 6.07) is 18.6. The molecule has 114 valence electrons. The second kappa shape index (κ2) is 6.19. The standard InChI is InChI=1S/C18H15N3O2/c19-17-16(18(20)22)10-13(11-21-17)12-6-8-15(9-7-12)23-14-4-2-1-3-5-14/h1-11H,(H2,19,21)(H2,20,22). The predicted molar refractivity (Wildman–Crippen MR) is 89.1 cm³/mol. The second-order valence-corrected chi connectivity index (χ2v) is 4.96. The molecule has 0 bridgehead atoms. The Bertz CT molecular complexity index is 831. The van der Waals surface area contributed by atoms with Gasteiger partial charge in [-0.2, -0.15) is 0 Å². The van der Waals surface area contributed by atoms with Gasteiger partial charge in [-0.1, -0.05) is 30.3 Å². The molecule has 1 heterocycles. The van der Waals surface area contributed by atoms with Gasteiger partial charge in [0, 0.05) is 11.8 Å². The van der Waals surface area contributed by atoms with Crippen LogP contribution in [0.3, 0.4) is 0 Å². The summed E-state index contributed by atoms with van der Waals surface area (Å²) in [6.45, 7) is 0. The Balaban J connectivity index is 1.85. The maximum Gasteiger partial charge on any atom is 0.252 e. The average molecular weight is 305 g/mol. The minimum absolute atomic E-state index is 0.130. The number of nitrogen functional groups attached to an aromatic ring is 1. The number of nitrogens with two attached hydrogens (primary N) is 2. The van der Waals surface area contributed by atoms with Gasteiger partial charge in [-0.25, -0.2) is 4.98 Å². The van der Waals surface area contributed by atoms with Crippen LogP contribution in [0.5, 0.6) is 11.5 Å². The molecule has 3 aromatic rings. The molecule has 0 saturated heterocycles. The summed E-state index contributed by atoms with van der Waals surface area (Å²) in [6.07, 6.45) is 1.61. The van der Waals surface area contributed by atoms with Crippen molar-refractivity contribution >= 4 is 11.7 Å². The maximum absolute atomic E-state index is 11.3. The first-order chi connectivity index (χ1) is 11.1. The third-order valence-electron chi connectivity index (χ3n) is 3.35. The van der Waals surface area contributed by atoms with Crippen LogP contribution in [0.1, 0.15) is 10.4 Å². The summed E-state index contributed by atoms with van der Waals surface area (Å²) in [5.74, 6) is 1.02. The van der Waals surface area contributed by atoms with Gasteiger partial charge in [0.1, 0.15) is 17.3 Å². The molecule has 23 heavy (non-hydrogen) atoms. The van der Waals surface area contributed by atoms with E-state index in [-0.39, 0.29) is 11.4 Å². The van der Waals surface area contributed by atoms with E-state index in [1.54, 1.807) is 12.3 Å². The number of rotatable bonds is 4. The highest BCUT2D eigenvalue weighted by atomic mass is 16.5. The number of pyridine rings is 1. The number of ether oxygens (including phenoxy) is 1. The molecular formula is C18H15N3O2. The molecule has 5 nitrogen and oxygen atoms in total. The number of hydrogen-bond donors (Lipinski definition) is 2. The Morgan fingerprint density at radius 1 is 0.913 bits per heavy atom. The zero-order valence-corrected chi connectivity index (χ0v) is 12.3. The minimum atomic E-state index is -0.596. The van der Waals surface area contributed by atoms with Crippen LogP contribution in [-0.4, -0.2) is 10.9 Å². The van der Waals surface area contributed by atoms with Crippen LogP contribution in [0.25, 0.3) is 11.1 Å². The SMILES string of the molecule is NC(=O)c1cc(-c2ccc(Oc3ccccc3)cc2)cnc1N. The van der Waals surface area contributed by atoms with E-state index >= 15 is 0 Å². The zero-order valence-electron chi connectivity index (χ0n) is 12.3. The van der Waals surface area contributed by atoms with E-state index in [1.165, 1.54) is 0 Å². The number of amides is 1. The fourth-order valence-corrected chi connectivity index (χ4v) is 2.17. The number of carbonyl (C=O) groups excluding carboxylic acids is 1. The van der Waals surface area contributed by atoms with Gasteiger partial charge in [0.15, 0.2) is 0 Å². The lowest BCUT2D eigenvalue weighted by Crippen LogP contribution is -2.14.